The van der Waals surface area contributed by atoms with E-state index in [-0.39, 0.29) is 0 Å². The maximum atomic E-state index is 5.05. The number of hydrogen-bond donors (Lipinski definition) is 0. The number of rotatable bonds is 1. The first kappa shape index (κ1) is 9.20. The van der Waals surface area contributed by atoms with Crippen LogP contribution in [0.15, 0.2) is 18.2 Å². The molecule has 0 saturated heterocycles. The molecule has 0 N–H and O–H groups in total. The zero-order valence-corrected chi connectivity index (χ0v) is 8.37. The van der Waals surface area contributed by atoms with Crippen LogP contribution in [0.4, 0.5) is 0 Å². The van der Waals surface area contributed by atoms with Crippen LogP contribution in [-0.4, -0.2) is 12.2 Å². The summed E-state index contributed by atoms with van der Waals surface area (Å²) in [5.41, 5.74) is 3.46. The second kappa shape index (κ2) is 3.68. The molecule has 0 aromatic heterocycles. The summed E-state index contributed by atoms with van der Waals surface area (Å²) in [4.78, 5) is 0. The molecule has 0 amide bonds. The van der Waals surface area contributed by atoms with Crippen molar-refractivity contribution in [3.8, 4) is 0 Å². The summed E-state index contributed by atoms with van der Waals surface area (Å²) in [5, 5.41) is 0.566. The topological polar surface area (TPSA) is 9.23 Å². The first-order valence-corrected chi connectivity index (χ1v) is 4.22. The van der Waals surface area contributed by atoms with E-state index in [9.17, 15) is 0 Å². The van der Waals surface area contributed by atoms with Crippen molar-refractivity contribution < 1.29 is 4.74 Å². The van der Waals surface area contributed by atoms with Gasteiger partial charge in [-0.1, -0.05) is 18.2 Å². The van der Waals surface area contributed by atoms with Gasteiger partial charge in [0.05, 0.1) is 7.11 Å². The maximum Gasteiger partial charge on any atom is 0.191 e. The number of aryl methyl sites for hydroxylation is 1. The molecule has 0 spiro atoms. The fraction of sp³-hybridized carbons (Fsp3) is 0.300. The smallest absolute Gasteiger partial charge is 0.191 e. The van der Waals surface area contributed by atoms with Crippen molar-refractivity contribution in [2.24, 2.45) is 0 Å². The third-order valence-electron chi connectivity index (χ3n) is 2.01. The monoisotopic (exact) mass is 180 g/mol. The Bertz CT molecular complexity index is 305. The molecular formula is C10H12OS. The van der Waals surface area contributed by atoms with E-state index >= 15 is 0 Å². The molecule has 0 atom stereocenters. The van der Waals surface area contributed by atoms with Crippen molar-refractivity contribution in [1.29, 1.82) is 0 Å². The highest BCUT2D eigenvalue weighted by Gasteiger charge is 2.04. The summed E-state index contributed by atoms with van der Waals surface area (Å²) in [6.45, 7) is 4.12. The molecule has 1 aromatic rings. The van der Waals surface area contributed by atoms with Crippen LogP contribution in [-0.2, 0) is 4.74 Å². The minimum Gasteiger partial charge on any atom is -0.486 e. The van der Waals surface area contributed by atoms with Crippen molar-refractivity contribution in [2.45, 2.75) is 13.8 Å². The van der Waals surface area contributed by atoms with Crippen molar-refractivity contribution in [3.05, 3.63) is 34.9 Å². The lowest BCUT2D eigenvalue weighted by molar-refractivity contribution is 0.415. The van der Waals surface area contributed by atoms with E-state index in [0.29, 0.717) is 5.05 Å². The Balaban J connectivity index is 3.16. The Labute approximate surface area is 78.4 Å². The van der Waals surface area contributed by atoms with E-state index in [1.165, 1.54) is 11.1 Å². The largest absolute Gasteiger partial charge is 0.486 e. The lowest BCUT2D eigenvalue weighted by atomic mass is 10.0. The minimum absolute atomic E-state index is 0.566. The number of thiocarbonyl (C=S) groups is 1. The van der Waals surface area contributed by atoms with Crippen molar-refractivity contribution in [3.63, 3.8) is 0 Å². The number of ether oxygens (including phenoxy) is 1. The highest BCUT2D eigenvalue weighted by atomic mass is 32.1. The van der Waals surface area contributed by atoms with Gasteiger partial charge in [-0.15, -0.1) is 0 Å². The summed E-state index contributed by atoms with van der Waals surface area (Å²) >= 11 is 5.05. The number of benzene rings is 1. The van der Waals surface area contributed by atoms with Crippen molar-refractivity contribution >= 4 is 17.3 Å². The molecule has 0 aliphatic carbocycles. The zero-order valence-electron chi connectivity index (χ0n) is 7.55. The van der Waals surface area contributed by atoms with E-state index in [2.05, 4.69) is 19.9 Å². The summed E-state index contributed by atoms with van der Waals surface area (Å²) in [6, 6.07) is 6.04. The second-order valence-electron chi connectivity index (χ2n) is 2.74. The molecule has 1 aromatic carbocycles. The van der Waals surface area contributed by atoms with Crippen molar-refractivity contribution in [1.82, 2.24) is 0 Å². The van der Waals surface area contributed by atoms with Gasteiger partial charge in [0, 0.05) is 5.56 Å². The quantitative estimate of drug-likeness (QED) is 0.614. The van der Waals surface area contributed by atoms with Gasteiger partial charge in [0.1, 0.15) is 0 Å². The Kier molecular flexibility index (Phi) is 2.82. The summed E-state index contributed by atoms with van der Waals surface area (Å²) < 4.78 is 5.00. The third kappa shape index (κ3) is 1.64. The Hall–Kier alpha value is -0.890. The van der Waals surface area contributed by atoms with Gasteiger partial charge in [-0.25, -0.2) is 0 Å². The predicted octanol–water partition coefficient (Wildman–Crippen LogP) is 2.63. The lowest BCUT2D eigenvalue weighted by Crippen LogP contribution is -2.02. The Morgan fingerprint density at radius 1 is 1.33 bits per heavy atom. The number of hydrogen-bond acceptors (Lipinski definition) is 2. The molecule has 2 heteroatoms. The lowest BCUT2D eigenvalue weighted by Gasteiger charge is -2.07. The molecule has 0 aliphatic heterocycles. The molecular weight excluding hydrogens is 168 g/mol. The predicted molar refractivity (Wildman–Crippen MR) is 54.6 cm³/mol. The van der Waals surface area contributed by atoms with Gasteiger partial charge in [-0.3, -0.25) is 0 Å². The average molecular weight is 180 g/mol. The molecule has 0 saturated carbocycles. The van der Waals surface area contributed by atoms with Crippen LogP contribution in [0.2, 0.25) is 0 Å². The zero-order chi connectivity index (χ0) is 9.14. The summed E-state index contributed by atoms with van der Waals surface area (Å²) in [7, 11) is 1.60. The summed E-state index contributed by atoms with van der Waals surface area (Å²) in [6.07, 6.45) is 0. The Morgan fingerprint density at radius 3 is 2.58 bits per heavy atom. The molecule has 0 unspecified atom stereocenters. The molecule has 64 valence electrons. The fourth-order valence-electron chi connectivity index (χ4n) is 1.08. The molecule has 12 heavy (non-hydrogen) atoms. The van der Waals surface area contributed by atoms with Gasteiger partial charge in [0.15, 0.2) is 5.05 Å². The van der Waals surface area contributed by atoms with E-state index in [4.69, 9.17) is 17.0 Å². The molecule has 0 radical (unpaired) electrons. The third-order valence-corrected chi connectivity index (χ3v) is 2.40. The van der Waals surface area contributed by atoms with Crippen LogP contribution in [0.5, 0.6) is 0 Å². The second-order valence-corrected chi connectivity index (χ2v) is 3.11. The van der Waals surface area contributed by atoms with Gasteiger partial charge >= 0.3 is 0 Å². The van der Waals surface area contributed by atoms with Crippen LogP contribution < -0.4 is 0 Å². The Morgan fingerprint density at radius 2 is 2.00 bits per heavy atom. The fourth-order valence-corrected chi connectivity index (χ4v) is 1.30. The van der Waals surface area contributed by atoms with Crippen molar-refractivity contribution in [2.75, 3.05) is 7.11 Å². The molecule has 0 bridgehead atoms. The normalized spacial score (nSPS) is 9.58. The van der Waals surface area contributed by atoms with Gasteiger partial charge in [-0.2, -0.15) is 0 Å². The van der Waals surface area contributed by atoms with Crippen LogP contribution in [0.3, 0.4) is 0 Å². The van der Waals surface area contributed by atoms with Gasteiger partial charge < -0.3 is 4.74 Å². The summed E-state index contributed by atoms with van der Waals surface area (Å²) in [5.74, 6) is 0. The van der Waals surface area contributed by atoms with E-state index in [1.54, 1.807) is 7.11 Å². The molecule has 0 aliphatic rings. The van der Waals surface area contributed by atoms with Crippen LogP contribution in [0.1, 0.15) is 16.7 Å². The maximum absolute atomic E-state index is 5.05. The molecule has 1 nitrogen and oxygen atoms in total. The van der Waals surface area contributed by atoms with E-state index in [0.717, 1.165) is 5.56 Å². The highest BCUT2D eigenvalue weighted by molar-refractivity contribution is 7.80. The minimum atomic E-state index is 0.566. The average Bonchev–Trinajstić information content (AvgIpc) is 2.08. The SMILES string of the molecule is COC(=S)c1cccc(C)c1C. The first-order chi connectivity index (χ1) is 5.66. The molecule has 1 rings (SSSR count). The first-order valence-electron chi connectivity index (χ1n) is 3.81. The van der Waals surface area contributed by atoms with Crippen LogP contribution >= 0.6 is 12.2 Å². The van der Waals surface area contributed by atoms with Crippen LogP contribution in [0, 0.1) is 13.8 Å². The van der Waals surface area contributed by atoms with Gasteiger partial charge in [0.2, 0.25) is 0 Å². The standard InChI is InChI=1S/C10H12OS/c1-7-5-4-6-9(8(7)2)10(12)11-3/h4-6H,1-3H3. The van der Waals surface area contributed by atoms with Crippen LogP contribution in [0.25, 0.3) is 0 Å². The van der Waals surface area contributed by atoms with Gasteiger partial charge in [-0.05, 0) is 37.2 Å². The highest BCUT2D eigenvalue weighted by Crippen LogP contribution is 2.13. The van der Waals surface area contributed by atoms with E-state index < -0.39 is 0 Å². The number of methoxy groups -OCH3 is 1. The molecule has 0 heterocycles. The van der Waals surface area contributed by atoms with E-state index in [1.807, 2.05) is 12.1 Å². The molecule has 0 fully saturated rings. The van der Waals surface area contributed by atoms with Gasteiger partial charge in [0.25, 0.3) is 0 Å².